The zero-order valence-corrected chi connectivity index (χ0v) is 9.95. The maximum absolute atomic E-state index is 13.3. The summed E-state index contributed by atoms with van der Waals surface area (Å²) in [6.07, 6.45) is 0. The Bertz CT molecular complexity index is 645. The van der Waals surface area contributed by atoms with Gasteiger partial charge in [0.15, 0.2) is 0 Å². The number of phenols is 1. The first kappa shape index (κ1) is 12.9. The minimum Gasteiger partial charge on any atom is -0.508 e. The van der Waals surface area contributed by atoms with E-state index in [1.165, 1.54) is 12.1 Å². The molecule has 2 aromatic rings. The summed E-state index contributed by atoms with van der Waals surface area (Å²) < 4.78 is 25.9. The molecule has 0 atom stereocenters. The van der Waals surface area contributed by atoms with Crippen LogP contribution in [0.3, 0.4) is 0 Å². The molecule has 6 heteroatoms. The van der Waals surface area contributed by atoms with Crippen LogP contribution in [0, 0.1) is 18.8 Å². The zero-order valence-electron chi connectivity index (χ0n) is 9.95. The Morgan fingerprint density at radius 3 is 2.63 bits per heavy atom. The first-order valence-corrected chi connectivity index (χ1v) is 5.40. The Labute approximate surface area is 107 Å². The number of hydrogen-bond acceptors (Lipinski definition) is 3. The van der Waals surface area contributed by atoms with E-state index in [9.17, 15) is 18.7 Å². The normalized spacial score (nSPS) is 10.3. The first-order chi connectivity index (χ1) is 8.97. The van der Waals surface area contributed by atoms with E-state index in [1.54, 1.807) is 13.0 Å². The van der Waals surface area contributed by atoms with Gasteiger partial charge in [0.25, 0.3) is 5.91 Å². The van der Waals surface area contributed by atoms with Crippen molar-refractivity contribution in [1.29, 1.82) is 0 Å². The highest BCUT2D eigenvalue weighted by molar-refractivity contribution is 6.04. The average Bonchev–Trinajstić information content (AvgIpc) is 2.36. The maximum Gasteiger partial charge on any atom is 0.255 e. The molecule has 1 heterocycles. The lowest BCUT2D eigenvalue weighted by Crippen LogP contribution is -2.13. The number of aromatic nitrogens is 1. The molecule has 2 N–H and O–H groups in total. The SMILES string of the molecule is Cc1ccc(C(=O)Nc2ccc(F)nc2F)cc1O. The predicted octanol–water partition coefficient (Wildman–Crippen LogP) is 2.63. The van der Waals surface area contributed by atoms with Gasteiger partial charge in [-0.2, -0.15) is 13.8 Å². The molecular formula is C13H10F2N2O2. The topological polar surface area (TPSA) is 62.2 Å². The molecule has 0 aliphatic heterocycles. The second-order valence-electron chi connectivity index (χ2n) is 3.93. The number of amides is 1. The summed E-state index contributed by atoms with van der Waals surface area (Å²) in [4.78, 5) is 14.8. The molecule has 0 spiro atoms. The van der Waals surface area contributed by atoms with Gasteiger partial charge >= 0.3 is 0 Å². The molecule has 1 aromatic carbocycles. The van der Waals surface area contributed by atoms with E-state index in [0.717, 1.165) is 12.1 Å². The van der Waals surface area contributed by atoms with Crippen LogP contribution >= 0.6 is 0 Å². The smallest absolute Gasteiger partial charge is 0.255 e. The van der Waals surface area contributed by atoms with Crippen molar-refractivity contribution in [2.75, 3.05) is 5.32 Å². The highest BCUT2D eigenvalue weighted by Gasteiger charge is 2.12. The van der Waals surface area contributed by atoms with Crippen molar-refractivity contribution in [2.24, 2.45) is 0 Å². The van der Waals surface area contributed by atoms with Crippen molar-refractivity contribution in [3.8, 4) is 5.75 Å². The van der Waals surface area contributed by atoms with Crippen molar-refractivity contribution in [3.63, 3.8) is 0 Å². The highest BCUT2D eigenvalue weighted by atomic mass is 19.1. The summed E-state index contributed by atoms with van der Waals surface area (Å²) in [6, 6.07) is 6.32. The fraction of sp³-hybridized carbons (Fsp3) is 0.0769. The fourth-order valence-corrected chi connectivity index (χ4v) is 1.45. The van der Waals surface area contributed by atoms with Crippen LogP contribution in [0.15, 0.2) is 30.3 Å². The molecule has 0 aliphatic carbocycles. The molecule has 0 radical (unpaired) electrons. The second-order valence-corrected chi connectivity index (χ2v) is 3.93. The van der Waals surface area contributed by atoms with Crippen LogP contribution in [0.4, 0.5) is 14.5 Å². The van der Waals surface area contributed by atoms with Crippen molar-refractivity contribution < 1.29 is 18.7 Å². The Hall–Kier alpha value is -2.50. The molecule has 0 unspecified atom stereocenters. The third kappa shape index (κ3) is 2.85. The summed E-state index contributed by atoms with van der Waals surface area (Å²) >= 11 is 0. The number of aromatic hydroxyl groups is 1. The Balaban J connectivity index is 2.23. The van der Waals surface area contributed by atoms with E-state index in [-0.39, 0.29) is 17.0 Å². The van der Waals surface area contributed by atoms with Crippen molar-refractivity contribution in [2.45, 2.75) is 6.92 Å². The van der Waals surface area contributed by atoms with Crippen LogP contribution in [0.5, 0.6) is 5.75 Å². The Morgan fingerprint density at radius 2 is 2.00 bits per heavy atom. The fourth-order valence-electron chi connectivity index (χ4n) is 1.45. The molecule has 0 bridgehead atoms. The number of phenolic OH excluding ortho intramolecular Hbond substituents is 1. The van der Waals surface area contributed by atoms with Gasteiger partial charge in [0.2, 0.25) is 11.9 Å². The number of nitrogens with one attached hydrogen (secondary N) is 1. The van der Waals surface area contributed by atoms with Crippen LogP contribution < -0.4 is 5.32 Å². The lowest BCUT2D eigenvalue weighted by Gasteiger charge is -2.07. The number of halogens is 2. The molecule has 19 heavy (non-hydrogen) atoms. The van der Waals surface area contributed by atoms with E-state index in [0.29, 0.717) is 5.56 Å². The van der Waals surface area contributed by atoms with E-state index in [1.807, 2.05) is 0 Å². The highest BCUT2D eigenvalue weighted by Crippen LogP contribution is 2.19. The first-order valence-electron chi connectivity index (χ1n) is 5.40. The van der Waals surface area contributed by atoms with Crippen molar-refractivity contribution >= 4 is 11.6 Å². The predicted molar refractivity (Wildman–Crippen MR) is 65.0 cm³/mol. The van der Waals surface area contributed by atoms with E-state index >= 15 is 0 Å². The molecule has 0 fully saturated rings. The zero-order chi connectivity index (χ0) is 14.0. The summed E-state index contributed by atoms with van der Waals surface area (Å²) in [7, 11) is 0. The number of nitrogens with zero attached hydrogens (tertiary/aromatic N) is 1. The molecule has 0 saturated heterocycles. The molecule has 1 aromatic heterocycles. The number of aryl methyl sites for hydroxylation is 1. The number of anilines is 1. The van der Waals surface area contributed by atoms with Gasteiger partial charge in [-0.3, -0.25) is 4.79 Å². The summed E-state index contributed by atoms with van der Waals surface area (Å²) in [5.41, 5.74) is 0.546. The Kier molecular flexibility index (Phi) is 3.41. The molecule has 0 saturated carbocycles. The van der Waals surface area contributed by atoms with Gasteiger partial charge in [0.05, 0.1) is 5.69 Å². The van der Waals surface area contributed by atoms with Gasteiger partial charge in [0, 0.05) is 5.56 Å². The minimum atomic E-state index is -1.11. The van der Waals surface area contributed by atoms with Crippen LogP contribution in [0.25, 0.3) is 0 Å². The second kappa shape index (κ2) is 5.01. The molecule has 4 nitrogen and oxygen atoms in total. The number of carbonyl (C=O) groups excluding carboxylic acids is 1. The monoisotopic (exact) mass is 264 g/mol. The van der Waals surface area contributed by atoms with Crippen LogP contribution in [-0.4, -0.2) is 16.0 Å². The van der Waals surface area contributed by atoms with Gasteiger partial charge in [-0.05, 0) is 36.8 Å². The van der Waals surface area contributed by atoms with Crippen LogP contribution in [0.2, 0.25) is 0 Å². The minimum absolute atomic E-state index is 0.0367. The average molecular weight is 264 g/mol. The van der Waals surface area contributed by atoms with Gasteiger partial charge in [-0.15, -0.1) is 0 Å². The number of carbonyl (C=O) groups is 1. The molecule has 1 amide bonds. The van der Waals surface area contributed by atoms with E-state index in [2.05, 4.69) is 10.3 Å². The third-order valence-corrected chi connectivity index (χ3v) is 2.53. The summed E-state index contributed by atoms with van der Waals surface area (Å²) in [5.74, 6) is -2.74. The summed E-state index contributed by atoms with van der Waals surface area (Å²) in [5, 5.41) is 11.7. The quantitative estimate of drug-likeness (QED) is 0.819. The van der Waals surface area contributed by atoms with Gasteiger partial charge in [0.1, 0.15) is 5.75 Å². The largest absolute Gasteiger partial charge is 0.508 e. The number of hydrogen-bond donors (Lipinski definition) is 2. The van der Waals surface area contributed by atoms with Crippen LogP contribution in [-0.2, 0) is 0 Å². The Morgan fingerprint density at radius 1 is 1.26 bits per heavy atom. The lowest BCUT2D eigenvalue weighted by molar-refractivity contribution is 0.102. The lowest BCUT2D eigenvalue weighted by atomic mass is 10.1. The van der Waals surface area contributed by atoms with Gasteiger partial charge in [-0.25, -0.2) is 0 Å². The molecule has 2 rings (SSSR count). The van der Waals surface area contributed by atoms with Gasteiger partial charge in [-0.1, -0.05) is 6.07 Å². The summed E-state index contributed by atoms with van der Waals surface area (Å²) in [6.45, 7) is 1.68. The number of rotatable bonds is 2. The standard InChI is InChI=1S/C13H10F2N2O2/c1-7-2-3-8(6-10(7)18)13(19)16-9-4-5-11(14)17-12(9)15/h2-6,18H,1H3,(H,16,19). The third-order valence-electron chi connectivity index (χ3n) is 2.53. The number of benzene rings is 1. The van der Waals surface area contributed by atoms with Crippen molar-refractivity contribution in [1.82, 2.24) is 4.98 Å². The van der Waals surface area contributed by atoms with Crippen molar-refractivity contribution in [3.05, 3.63) is 53.4 Å². The van der Waals surface area contributed by atoms with Crippen LogP contribution in [0.1, 0.15) is 15.9 Å². The molecule has 98 valence electrons. The van der Waals surface area contributed by atoms with Gasteiger partial charge < -0.3 is 10.4 Å². The van der Waals surface area contributed by atoms with E-state index in [4.69, 9.17) is 0 Å². The molecule has 0 aliphatic rings. The molecular weight excluding hydrogens is 254 g/mol. The number of pyridine rings is 1. The maximum atomic E-state index is 13.3. The van der Waals surface area contributed by atoms with E-state index < -0.39 is 17.8 Å².